The van der Waals surface area contributed by atoms with E-state index in [9.17, 15) is 4.79 Å². The number of halogens is 3. The molecule has 0 saturated heterocycles. The Balaban J connectivity index is 1.70. The number of nitrogens with zero attached hydrogens (tertiary/aromatic N) is 1. The highest BCUT2D eigenvalue weighted by atomic mass is 35.5. The fraction of sp³-hybridized carbons (Fsp3) is 0.0588. The first kappa shape index (κ1) is 17.2. The normalized spacial score (nSPS) is 10.6. The minimum Gasteiger partial charge on any atom is -0.298 e. The number of anilines is 1. The zero-order valence-corrected chi connectivity index (χ0v) is 15.3. The van der Waals surface area contributed by atoms with Crippen LogP contribution in [0.25, 0.3) is 0 Å². The van der Waals surface area contributed by atoms with Crippen LogP contribution in [0.2, 0.25) is 15.1 Å². The van der Waals surface area contributed by atoms with Crippen LogP contribution >= 0.6 is 46.1 Å². The van der Waals surface area contributed by atoms with Gasteiger partial charge in [0, 0.05) is 17.5 Å². The second-order valence-corrected chi connectivity index (χ2v) is 7.33. The topological polar surface area (TPSA) is 42.0 Å². The highest BCUT2D eigenvalue weighted by Crippen LogP contribution is 2.27. The van der Waals surface area contributed by atoms with Gasteiger partial charge in [0.2, 0.25) is 0 Å². The van der Waals surface area contributed by atoms with E-state index in [1.54, 1.807) is 36.5 Å². The molecule has 0 saturated carbocycles. The third kappa shape index (κ3) is 4.08. The summed E-state index contributed by atoms with van der Waals surface area (Å²) in [5.74, 6) is -0.281. The number of amides is 1. The quantitative estimate of drug-likeness (QED) is 0.591. The molecule has 24 heavy (non-hydrogen) atoms. The molecule has 7 heteroatoms. The summed E-state index contributed by atoms with van der Waals surface area (Å²) in [6, 6.07) is 12.4. The third-order valence-corrected chi connectivity index (χ3v) is 5.24. The van der Waals surface area contributed by atoms with Crippen molar-refractivity contribution in [1.82, 2.24) is 4.98 Å². The van der Waals surface area contributed by atoms with Gasteiger partial charge in [-0.15, -0.1) is 11.3 Å². The number of hydrogen-bond acceptors (Lipinski definition) is 3. The first-order valence-corrected chi connectivity index (χ1v) is 8.92. The Bertz CT molecular complexity index is 895. The van der Waals surface area contributed by atoms with Crippen LogP contribution in [-0.4, -0.2) is 10.9 Å². The summed E-state index contributed by atoms with van der Waals surface area (Å²) in [6.07, 6.45) is 2.39. The van der Waals surface area contributed by atoms with Crippen LogP contribution in [0.4, 0.5) is 5.13 Å². The summed E-state index contributed by atoms with van der Waals surface area (Å²) < 4.78 is 0. The lowest BCUT2D eigenvalue weighted by Gasteiger charge is -2.03. The van der Waals surface area contributed by atoms with Crippen molar-refractivity contribution in [2.75, 3.05) is 5.32 Å². The standard InChI is InChI=1S/C17H11Cl3N2OS/c18-13-4-2-1-3-12(13)16(23)22-17-21-9-11(24-17)7-10-5-6-14(19)15(20)8-10/h1-6,8-9H,7H2,(H,21,22,23). The number of thiazole rings is 1. The summed E-state index contributed by atoms with van der Waals surface area (Å²) in [5, 5.41) is 4.74. The molecule has 0 aliphatic carbocycles. The molecule has 0 aliphatic heterocycles. The molecule has 0 radical (unpaired) electrons. The summed E-state index contributed by atoms with van der Waals surface area (Å²) in [7, 11) is 0. The predicted octanol–water partition coefficient (Wildman–Crippen LogP) is 5.95. The lowest BCUT2D eigenvalue weighted by Crippen LogP contribution is -2.11. The minimum atomic E-state index is -0.281. The predicted molar refractivity (Wildman–Crippen MR) is 101 cm³/mol. The van der Waals surface area contributed by atoms with Gasteiger partial charge in [0.15, 0.2) is 5.13 Å². The van der Waals surface area contributed by atoms with Crippen LogP contribution in [0, 0.1) is 0 Å². The second-order valence-electron chi connectivity index (χ2n) is 4.99. The van der Waals surface area contributed by atoms with E-state index >= 15 is 0 Å². The largest absolute Gasteiger partial charge is 0.298 e. The van der Waals surface area contributed by atoms with E-state index in [0.717, 1.165) is 10.4 Å². The Hall–Kier alpha value is -1.59. The molecule has 1 N–H and O–H groups in total. The van der Waals surface area contributed by atoms with Crippen LogP contribution in [0.5, 0.6) is 0 Å². The van der Waals surface area contributed by atoms with Crippen LogP contribution in [0.1, 0.15) is 20.8 Å². The summed E-state index contributed by atoms with van der Waals surface area (Å²) in [5.41, 5.74) is 1.44. The molecule has 122 valence electrons. The van der Waals surface area contributed by atoms with Crippen LogP contribution in [-0.2, 0) is 6.42 Å². The molecular formula is C17H11Cl3N2OS. The molecule has 1 heterocycles. The molecule has 3 rings (SSSR count). The van der Waals surface area contributed by atoms with Gasteiger partial charge in [0.25, 0.3) is 5.91 Å². The van der Waals surface area contributed by atoms with E-state index in [1.165, 1.54) is 11.3 Å². The summed E-state index contributed by atoms with van der Waals surface area (Å²) in [6.45, 7) is 0. The van der Waals surface area contributed by atoms with Gasteiger partial charge in [0.1, 0.15) is 0 Å². The molecule has 1 amide bonds. The number of rotatable bonds is 4. The van der Waals surface area contributed by atoms with Gasteiger partial charge in [-0.25, -0.2) is 4.98 Å². The van der Waals surface area contributed by atoms with Crippen molar-refractivity contribution in [3.63, 3.8) is 0 Å². The zero-order chi connectivity index (χ0) is 17.1. The van der Waals surface area contributed by atoms with E-state index < -0.39 is 0 Å². The Morgan fingerprint density at radius 2 is 1.83 bits per heavy atom. The van der Waals surface area contributed by atoms with Crippen molar-refractivity contribution in [2.45, 2.75) is 6.42 Å². The molecule has 0 spiro atoms. The van der Waals surface area contributed by atoms with Gasteiger partial charge >= 0.3 is 0 Å². The number of hydrogen-bond donors (Lipinski definition) is 1. The monoisotopic (exact) mass is 396 g/mol. The van der Waals surface area contributed by atoms with E-state index in [4.69, 9.17) is 34.8 Å². The Morgan fingerprint density at radius 1 is 1.04 bits per heavy atom. The first-order valence-electron chi connectivity index (χ1n) is 6.97. The van der Waals surface area contributed by atoms with E-state index in [2.05, 4.69) is 10.3 Å². The van der Waals surface area contributed by atoms with E-state index in [1.807, 2.05) is 12.1 Å². The first-order chi connectivity index (χ1) is 11.5. The molecule has 0 fully saturated rings. The van der Waals surface area contributed by atoms with E-state index in [0.29, 0.717) is 32.2 Å². The fourth-order valence-corrected chi connectivity index (χ4v) is 3.49. The Kier molecular flexibility index (Phi) is 5.41. The number of carbonyl (C=O) groups excluding carboxylic acids is 1. The summed E-state index contributed by atoms with van der Waals surface area (Å²) >= 11 is 19.4. The number of nitrogens with one attached hydrogen (secondary N) is 1. The second kappa shape index (κ2) is 7.53. The van der Waals surface area contributed by atoms with Gasteiger partial charge in [-0.3, -0.25) is 10.1 Å². The zero-order valence-electron chi connectivity index (χ0n) is 12.2. The minimum absolute atomic E-state index is 0.281. The molecule has 3 aromatic rings. The maximum atomic E-state index is 12.2. The smallest absolute Gasteiger partial charge is 0.258 e. The van der Waals surface area contributed by atoms with Gasteiger partial charge < -0.3 is 0 Å². The third-order valence-electron chi connectivity index (χ3n) is 3.25. The van der Waals surface area contributed by atoms with Crippen LogP contribution in [0.3, 0.4) is 0 Å². The van der Waals surface area contributed by atoms with E-state index in [-0.39, 0.29) is 5.91 Å². The van der Waals surface area contributed by atoms with Crippen molar-refractivity contribution in [2.24, 2.45) is 0 Å². The Labute approximate surface area is 158 Å². The van der Waals surface area contributed by atoms with Gasteiger partial charge in [-0.2, -0.15) is 0 Å². The molecule has 0 atom stereocenters. The highest BCUT2D eigenvalue weighted by molar-refractivity contribution is 7.15. The molecule has 0 unspecified atom stereocenters. The molecule has 3 nitrogen and oxygen atoms in total. The van der Waals surface area contributed by atoms with Gasteiger partial charge in [0.05, 0.1) is 20.6 Å². The lowest BCUT2D eigenvalue weighted by atomic mass is 10.1. The molecule has 0 aliphatic rings. The van der Waals surface area contributed by atoms with Crippen molar-refractivity contribution >= 4 is 57.2 Å². The van der Waals surface area contributed by atoms with Gasteiger partial charge in [-0.05, 0) is 29.8 Å². The van der Waals surface area contributed by atoms with Gasteiger partial charge in [-0.1, -0.05) is 53.0 Å². The van der Waals surface area contributed by atoms with Crippen molar-refractivity contribution < 1.29 is 4.79 Å². The molecule has 2 aromatic carbocycles. The highest BCUT2D eigenvalue weighted by Gasteiger charge is 2.12. The molecule has 0 bridgehead atoms. The van der Waals surface area contributed by atoms with Crippen molar-refractivity contribution in [1.29, 1.82) is 0 Å². The molecule has 1 aromatic heterocycles. The number of aromatic nitrogens is 1. The van der Waals surface area contributed by atoms with Crippen LogP contribution < -0.4 is 5.32 Å². The average molecular weight is 398 g/mol. The van der Waals surface area contributed by atoms with Crippen LogP contribution in [0.15, 0.2) is 48.7 Å². The maximum Gasteiger partial charge on any atom is 0.258 e. The lowest BCUT2D eigenvalue weighted by molar-refractivity contribution is 0.102. The SMILES string of the molecule is O=C(Nc1ncc(Cc2ccc(Cl)c(Cl)c2)s1)c1ccccc1Cl. The van der Waals surface area contributed by atoms with Crippen molar-refractivity contribution in [3.8, 4) is 0 Å². The number of benzene rings is 2. The molecular weight excluding hydrogens is 387 g/mol. The number of carbonyl (C=O) groups is 1. The fourth-order valence-electron chi connectivity index (χ4n) is 2.11. The summed E-state index contributed by atoms with van der Waals surface area (Å²) in [4.78, 5) is 17.5. The maximum absolute atomic E-state index is 12.2. The van der Waals surface area contributed by atoms with Crippen molar-refractivity contribution in [3.05, 3.63) is 79.7 Å². The Morgan fingerprint density at radius 3 is 2.58 bits per heavy atom. The average Bonchev–Trinajstić information content (AvgIpc) is 2.98.